The number of hydrogen-bond donors (Lipinski definition) is 2. The number of aromatic nitrogens is 2. The van der Waals surface area contributed by atoms with Crippen molar-refractivity contribution in [3.8, 4) is 0 Å². The molecule has 1 aliphatic heterocycles. The normalized spacial score (nSPS) is 20.1. The molecule has 15 heavy (non-hydrogen) atoms. The van der Waals surface area contributed by atoms with E-state index in [1.54, 1.807) is 0 Å². The maximum atomic E-state index is 10.7. The summed E-state index contributed by atoms with van der Waals surface area (Å²) in [6, 6.07) is 0. The molecule has 2 rings (SSSR count). The van der Waals surface area contributed by atoms with Gasteiger partial charge in [0.2, 0.25) is 0 Å². The van der Waals surface area contributed by atoms with E-state index in [9.17, 15) is 4.79 Å². The lowest BCUT2D eigenvalue weighted by Gasteiger charge is -2.31. The van der Waals surface area contributed by atoms with E-state index in [2.05, 4.69) is 16.9 Å². The van der Waals surface area contributed by atoms with Crippen LogP contribution in [-0.2, 0) is 5.41 Å². The van der Waals surface area contributed by atoms with Gasteiger partial charge in [-0.3, -0.25) is 0 Å². The zero-order valence-electron chi connectivity index (χ0n) is 8.62. The van der Waals surface area contributed by atoms with Gasteiger partial charge in [-0.15, -0.1) is 0 Å². The van der Waals surface area contributed by atoms with Crippen LogP contribution in [0.4, 0.5) is 0 Å². The predicted octanol–water partition coefficient (Wildman–Crippen LogP) is 1.89. The lowest BCUT2D eigenvalue weighted by molar-refractivity contribution is 0.0691. The van der Waals surface area contributed by atoms with Crippen LogP contribution < -0.4 is 0 Å². The molecule has 0 spiro atoms. The number of nitrogens with zero attached hydrogens (tertiary/aromatic N) is 1. The van der Waals surface area contributed by atoms with E-state index in [-0.39, 0.29) is 11.1 Å². The molecule has 1 aliphatic rings. The quantitative estimate of drug-likeness (QED) is 0.808. The van der Waals surface area contributed by atoms with Gasteiger partial charge >= 0.3 is 5.97 Å². The molecule has 0 aliphatic carbocycles. The number of carbonyl (C=O) groups is 1. The zero-order valence-corrected chi connectivity index (χ0v) is 9.43. The number of carboxylic acid groups (broad SMARTS) is 1. The molecule has 0 saturated carbocycles. The van der Waals surface area contributed by atoms with Crippen LogP contribution >= 0.6 is 11.8 Å². The van der Waals surface area contributed by atoms with Crippen molar-refractivity contribution in [3.05, 3.63) is 17.7 Å². The molecule has 82 valence electrons. The van der Waals surface area contributed by atoms with Gasteiger partial charge in [-0.1, -0.05) is 6.92 Å². The third-order valence-corrected chi connectivity index (χ3v) is 3.96. The number of aromatic amines is 1. The number of H-pyrrole nitrogens is 1. The van der Waals surface area contributed by atoms with E-state index >= 15 is 0 Å². The molecule has 1 fully saturated rings. The Labute approximate surface area is 92.5 Å². The minimum atomic E-state index is -0.942. The van der Waals surface area contributed by atoms with Gasteiger partial charge in [-0.25, -0.2) is 9.78 Å². The molecule has 0 bridgehead atoms. The average Bonchev–Trinajstić information content (AvgIpc) is 2.68. The van der Waals surface area contributed by atoms with E-state index < -0.39 is 5.97 Å². The smallest absolute Gasteiger partial charge is 0.353 e. The Morgan fingerprint density at radius 3 is 2.80 bits per heavy atom. The summed E-state index contributed by atoms with van der Waals surface area (Å²) in [5, 5.41) is 8.81. The molecular weight excluding hydrogens is 212 g/mol. The van der Waals surface area contributed by atoms with E-state index in [4.69, 9.17) is 5.11 Å². The summed E-state index contributed by atoms with van der Waals surface area (Å²) < 4.78 is 0. The number of aromatic carboxylic acids is 1. The largest absolute Gasteiger partial charge is 0.477 e. The first-order chi connectivity index (χ1) is 7.12. The molecular formula is C10H14N2O2S. The van der Waals surface area contributed by atoms with Gasteiger partial charge < -0.3 is 10.1 Å². The number of nitrogens with one attached hydrogen (secondary N) is 1. The topological polar surface area (TPSA) is 66.0 Å². The summed E-state index contributed by atoms with van der Waals surface area (Å²) in [5.41, 5.74) is 0.211. The van der Waals surface area contributed by atoms with Gasteiger partial charge in [0, 0.05) is 5.41 Å². The van der Waals surface area contributed by atoms with Crippen LogP contribution in [0, 0.1) is 0 Å². The third kappa shape index (κ3) is 2.02. The lowest BCUT2D eigenvalue weighted by atomic mass is 9.83. The monoisotopic (exact) mass is 226 g/mol. The zero-order chi connectivity index (χ0) is 10.9. The molecule has 0 aromatic carbocycles. The van der Waals surface area contributed by atoms with Crippen LogP contribution in [0.3, 0.4) is 0 Å². The van der Waals surface area contributed by atoms with Gasteiger partial charge in [0.25, 0.3) is 0 Å². The maximum Gasteiger partial charge on any atom is 0.353 e. The van der Waals surface area contributed by atoms with Crippen molar-refractivity contribution in [1.82, 2.24) is 9.97 Å². The van der Waals surface area contributed by atoms with E-state index in [0.29, 0.717) is 0 Å². The average molecular weight is 226 g/mol. The first-order valence-electron chi connectivity index (χ1n) is 4.98. The van der Waals surface area contributed by atoms with Gasteiger partial charge in [0.1, 0.15) is 11.5 Å². The Bertz CT molecular complexity index is 369. The van der Waals surface area contributed by atoms with Crippen LogP contribution in [0.5, 0.6) is 0 Å². The molecule has 0 amide bonds. The van der Waals surface area contributed by atoms with Crippen molar-refractivity contribution in [2.45, 2.75) is 25.2 Å². The minimum Gasteiger partial charge on any atom is -0.477 e. The first-order valence-corrected chi connectivity index (χ1v) is 6.14. The highest BCUT2D eigenvalue weighted by Gasteiger charge is 2.32. The number of hydrogen-bond acceptors (Lipinski definition) is 3. The molecule has 1 saturated heterocycles. The highest BCUT2D eigenvalue weighted by Crippen LogP contribution is 2.36. The van der Waals surface area contributed by atoms with Crippen LogP contribution in [0.15, 0.2) is 6.20 Å². The summed E-state index contributed by atoms with van der Waals surface area (Å²) in [4.78, 5) is 17.8. The fourth-order valence-corrected chi connectivity index (χ4v) is 3.19. The second-order valence-corrected chi connectivity index (χ2v) is 5.35. The molecule has 1 aromatic heterocycles. The molecule has 0 atom stereocenters. The third-order valence-electron chi connectivity index (χ3n) is 2.97. The number of carboxylic acids is 1. The number of thioether (sulfide) groups is 1. The van der Waals surface area contributed by atoms with E-state index in [1.165, 1.54) is 6.20 Å². The Kier molecular flexibility index (Phi) is 2.73. The Hall–Kier alpha value is -0.970. The molecule has 0 unspecified atom stereocenters. The van der Waals surface area contributed by atoms with E-state index in [1.807, 2.05) is 11.8 Å². The van der Waals surface area contributed by atoms with Crippen molar-refractivity contribution < 1.29 is 9.90 Å². The molecule has 0 radical (unpaired) electrons. The highest BCUT2D eigenvalue weighted by atomic mass is 32.2. The standard InChI is InChI=1S/C10H14N2O2S/c1-10(2-4-15-5-3-10)9-11-6-7(12-9)8(13)14/h6H,2-5H2,1H3,(H,11,12)(H,13,14). The Balaban J connectivity index is 2.23. The molecule has 4 nitrogen and oxygen atoms in total. The van der Waals surface area contributed by atoms with Gasteiger partial charge in [-0.2, -0.15) is 11.8 Å². The summed E-state index contributed by atoms with van der Waals surface area (Å²) in [6.07, 6.45) is 3.53. The lowest BCUT2D eigenvalue weighted by Crippen LogP contribution is -2.28. The van der Waals surface area contributed by atoms with Gasteiger partial charge in [0.05, 0.1) is 6.20 Å². The van der Waals surface area contributed by atoms with Gasteiger partial charge in [0.15, 0.2) is 0 Å². The van der Waals surface area contributed by atoms with Crippen molar-refractivity contribution in [1.29, 1.82) is 0 Å². The van der Waals surface area contributed by atoms with E-state index in [0.717, 1.165) is 30.2 Å². The number of rotatable bonds is 2. The van der Waals surface area contributed by atoms with Gasteiger partial charge in [-0.05, 0) is 24.3 Å². The summed E-state index contributed by atoms with van der Waals surface area (Å²) >= 11 is 1.95. The van der Waals surface area contributed by atoms with Crippen LogP contribution in [-0.4, -0.2) is 32.5 Å². The summed E-state index contributed by atoms with van der Waals surface area (Å²) in [5.74, 6) is 2.13. The minimum absolute atomic E-state index is 0.0267. The summed E-state index contributed by atoms with van der Waals surface area (Å²) in [7, 11) is 0. The fourth-order valence-electron chi connectivity index (χ4n) is 1.80. The molecule has 5 heteroatoms. The molecule has 1 aromatic rings. The Morgan fingerprint density at radius 2 is 2.27 bits per heavy atom. The molecule has 2 heterocycles. The summed E-state index contributed by atoms with van der Waals surface area (Å²) in [6.45, 7) is 2.15. The van der Waals surface area contributed by atoms with Crippen molar-refractivity contribution in [2.24, 2.45) is 0 Å². The predicted molar refractivity (Wildman–Crippen MR) is 59.5 cm³/mol. The van der Waals surface area contributed by atoms with Crippen molar-refractivity contribution in [3.63, 3.8) is 0 Å². The highest BCUT2D eigenvalue weighted by molar-refractivity contribution is 7.99. The number of imidazole rings is 1. The SMILES string of the molecule is CC1(c2ncc(C(=O)O)[nH]2)CCSCC1. The second kappa shape index (κ2) is 3.89. The van der Waals surface area contributed by atoms with Crippen LogP contribution in [0.25, 0.3) is 0 Å². The fraction of sp³-hybridized carbons (Fsp3) is 0.600. The van der Waals surface area contributed by atoms with Crippen LogP contribution in [0.1, 0.15) is 36.1 Å². The van der Waals surface area contributed by atoms with Crippen molar-refractivity contribution in [2.75, 3.05) is 11.5 Å². The Morgan fingerprint density at radius 1 is 1.60 bits per heavy atom. The van der Waals surface area contributed by atoms with Crippen molar-refractivity contribution >= 4 is 17.7 Å². The van der Waals surface area contributed by atoms with Crippen LogP contribution in [0.2, 0.25) is 0 Å². The molecule has 2 N–H and O–H groups in total. The second-order valence-electron chi connectivity index (χ2n) is 4.12. The first kappa shape index (κ1) is 10.5. The maximum absolute atomic E-state index is 10.7.